The lowest BCUT2D eigenvalue weighted by molar-refractivity contribution is -0.0692. The molecule has 2 atom stereocenters. The molecule has 3 nitrogen and oxygen atoms in total. The molecule has 0 saturated carbocycles. The number of ether oxygens (including phenoxy) is 2. The first-order valence-electron chi connectivity index (χ1n) is 7.13. The molecular weight excluding hydrogens is 309 g/mol. The fourth-order valence-electron chi connectivity index (χ4n) is 2.73. The maximum atomic E-state index is 5.99. The lowest BCUT2D eigenvalue weighted by Crippen LogP contribution is -2.35. The van der Waals surface area contributed by atoms with Crippen LogP contribution in [-0.2, 0) is 4.74 Å². The van der Waals surface area contributed by atoms with Crippen LogP contribution in [0, 0.1) is 0 Å². The zero-order chi connectivity index (χ0) is 15.2. The number of nitrogens with zero attached hydrogens (tertiary/aromatic N) is 1. The van der Waals surface area contributed by atoms with Gasteiger partial charge >= 0.3 is 0 Å². The lowest BCUT2D eigenvalue weighted by atomic mass is 10.1. The number of rotatable bonds is 7. The second-order valence-corrected chi connectivity index (χ2v) is 6.08. The molecule has 0 bridgehead atoms. The number of methoxy groups -OCH3 is 1. The van der Waals surface area contributed by atoms with Crippen molar-refractivity contribution in [2.24, 2.45) is 0 Å². The third-order valence-electron chi connectivity index (χ3n) is 3.69. The Balaban J connectivity index is 1.97. The van der Waals surface area contributed by atoms with E-state index >= 15 is 0 Å². The molecule has 1 aliphatic rings. The molecule has 0 spiro atoms. The molecule has 1 aromatic rings. The minimum absolute atomic E-state index is 0.310. The van der Waals surface area contributed by atoms with Gasteiger partial charge in [-0.1, -0.05) is 29.3 Å². The van der Waals surface area contributed by atoms with Crippen LogP contribution in [0.3, 0.4) is 0 Å². The number of hydrogen-bond donors (Lipinski definition) is 0. The lowest BCUT2D eigenvalue weighted by Gasteiger charge is -2.27. The van der Waals surface area contributed by atoms with Crippen molar-refractivity contribution >= 4 is 23.2 Å². The summed E-state index contributed by atoms with van der Waals surface area (Å²) < 4.78 is 11.3. The van der Waals surface area contributed by atoms with E-state index in [1.165, 1.54) is 6.42 Å². The van der Waals surface area contributed by atoms with E-state index in [-0.39, 0.29) is 6.29 Å². The van der Waals surface area contributed by atoms with Gasteiger partial charge < -0.3 is 9.47 Å². The van der Waals surface area contributed by atoms with Crippen LogP contribution in [0.2, 0.25) is 10.0 Å². The highest BCUT2D eigenvalue weighted by Gasteiger charge is 2.27. The van der Waals surface area contributed by atoms with Gasteiger partial charge in [0.1, 0.15) is 5.75 Å². The molecule has 5 heteroatoms. The zero-order valence-electron chi connectivity index (χ0n) is 12.2. The molecule has 1 aliphatic heterocycles. The molecule has 1 saturated heterocycles. The van der Waals surface area contributed by atoms with Crippen LogP contribution < -0.4 is 4.74 Å². The summed E-state index contributed by atoms with van der Waals surface area (Å²) in [7, 11) is 1.66. The number of hydrogen-bond acceptors (Lipinski definition) is 3. The highest BCUT2D eigenvalue weighted by Crippen LogP contribution is 2.27. The fourth-order valence-corrected chi connectivity index (χ4v) is 3.24. The Morgan fingerprint density at radius 1 is 1.38 bits per heavy atom. The summed E-state index contributed by atoms with van der Waals surface area (Å²) in [6.45, 7) is 5.83. The molecule has 1 heterocycles. The zero-order valence-corrected chi connectivity index (χ0v) is 13.7. The minimum Gasteiger partial charge on any atom is -0.465 e. The van der Waals surface area contributed by atoms with Crippen molar-refractivity contribution in [3.8, 4) is 5.75 Å². The molecular formula is C16H21Cl2NO2. The predicted molar refractivity (Wildman–Crippen MR) is 87.3 cm³/mol. The molecule has 1 fully saturated rings. The van der Waals surface area contributed by atoms with Gasteiger partial charge in [0.05, 0.1) is 0 Å². The van der Waals surface area contributed by atoms with Crippen molar-refractivity contribution in [3.05, 3.63) is 40.9 Å². The van der Waals surface area contributed by atoms with Gasteiger partial charge in [-0.3, -0.25) is 4.90 Å². The van der Waals surface area contributed by atoms with Gasteiger partial charge in [0, 0.05) is 36.2 Å². The molecule has 0 N–H and O–H groups in total. The molecule has 2 unspecified atom stereocenters. The van der Waals surface area contributed by atoms with Gasteiger partial charge in [-0.05, 0) is 37.6 Å². The van der Waals surface area contributed by atoms with Crippen LogP contribution in [0.5, 0.6) is 5.75 Å². The van der Waals surface area contributed by atoms with Crippen LogP contribution in [0.4, 0.5) is 0 Å². The topological polar surface area (TPSA) is 21.7 Å². The van der Waals surface area contributed by atoms with Gasteiger partial charge in [0.2, 0.25) is 6.29 Å². The Morgan fingerprint density at radius 3 is 2.71 bits per heavy atom. The van der Waals surface area contributed by atoms with Gasteiger partial charge in [-0.15, -0.1) is 6.58 Å². The van der Waals surface area contributed by atoms with E-state index in [2.05, 4.69) is 11.5 Å². The third kappa shape index (κ3) is 4.89. The van der Waals surface area contributed by atoms with E-state index in [4.69, 9.17) is 32.7 Å². The Kier molecular flexibility index (Phi) is 6.37. The highest BCUT2D eigenvalue weighted by molar-refractivity contribution is 6.34. The van der Waals surface area contributed by atoms with Crippen LogP contribution in [0.1, 0.15) is 19.3 Å². The molecule has 1 aromatic carbocycles. The predicted octanol–water partition coefficient (Wildman–Crippen LogP) is 4.39. The second-order valence-electron chi connectivity index (χ2n) is 5.20. The Labute approximate surface area is 136 Å². The maximum Gasteiger partial charge on any atom is 0.201 e. The van der Waals surface area contributed by atoms with Gasteiger partial charge in [-0.2, -0.15) is 0 Å². The Bertz CT molecular complexity index is 461. The van der Waals surface area contributed by atoms with Gasteiger partial charge in [-0.25, -0.2) is 0 Å². The summed E-state index contributed by atoms with van der Waals surface area (Å²) in [5.74, 6) is 0.632. The summed E-state index contributed by atoms with van der Waals surface area (Å²) in [5.41, 5.74) is 0. The first-order chi connectivity index (χ1) is 10.1. The first kappa shape index (κ1) is 16.6. The van der Waals surface area contributed by atoms with E-state index in [0.29, 0.717) is 21.8 Å². The quantitative estimate of drug-likeness (QED) is 0.547. The van der Waals surface area contributed by atoms with Gasteiger partial charge in [0.15, 0.2) is 0 Å². The van der Waals surface area contributed by atoms with Crippen molar-refractivity contribution in [2.75, 3.05) is 20.2 Å². The molecule has 0 amide bonds. The summed E-state index contributed by atoms with van der Waals surface area (Å²) >= 11 is 12.0. The van der Waals surface area contributed by atoms with Crippen molar-refractivity contribution in [1.29, 1.82) is 0 Å². The van der Waals surface area contributed by atoms with Crippen molar-refractivity contribution in [2.45, 2.75) is 31.6 Å². The van der Waals surface area contributed by atoms with E-state index in [1.54, 1.807) is 25.3 Å². The van der Waals surface area contributed by atoms with E-state index in [9.17, 15) is 0 Å². The van der Waals surface area contributed by atoms with E-state index in [0.717, 1.165) is 25.9 Å². The van der Waals surface area contributed by atoms with Crippen LogP contribution in [0.15, 0.2) is 30.9 Å². The van der Waals surface area contributed by atoms with Crippen LogP contribution >= 0.6 is 23.2 Å². The fraction of sp³-hybridized carbons (Fsp3) is 0.500. The van der Waals surface area contributed by atoms with Crippen LogP contribution in [-0.4, -0.2) is 37.4 Å². The summed E-state index contributed by atoms with van der Waals surface area (Å²) in [4.78, 5) is 2.41. The monoisotopic (exact) mass is 329 g/mol. The Hall–Kier alpha value is -0.740. The normalized spacial score (nSPS) is 20.4. The average Bonchev–Trinajstić information content (AvgIpc) is 2.84. The smallest absolute Gasteiger partial charge is 0.201 e. The maximum absolute atomic E-state index is 5.99. The highest BCUT2D eigenvalue weighted by atomic mass is 35.5. The SMILES string of the molecule is C=CCN1CCCC1CC(OC)Oc1cc(Cl)cc(Cl)c1. The largest absolute Gasteiger partial charge is 0.465 e. The first-order valence-corrected chi connectivity index (χ1v) is 7.88. The van der Waals surface area contributed by atoms with Gasteiger partial charge in [0.25, 0.3) is 0 Å². The summed E-state index contributed by atoms with van der Waals surface area (Å²) in [6, 6.07) is 5.63. The molecule has 0 radical (unpaired) electrons. The third-order valence-corrected chi connectivity index (χ3v) is 4.13. The van der Waals surface area contributed by atoms with Crippen molar-refractivity contribution in [3.63, 3.8) is 0 Å². The molecule has 21 heavy (non-hydrogen) atoms. The minimum atomic E-state index is -0.310. The second kappa shape index (κ2) is 8.04. The summed E-state index contributed by atoms with van der Waals surface area (Å²) in [6.07, 6.45) is 4.81. The molecule has 116 valence electrons. The molecule has 0 aliphatic carbocycles. The Morgan fingerprint density at radius 2 is 2.10 bits per heavy atom. The van der Waals surface area contributed by atoms with E-state index in [1.807, 2.05) is 6.08 Å². The number of likely N-dealkylation sites (tertiary alicyclic amines) is 1. The number of halogens is 2. The average molecular weight is 330 g/mol. The molecule has 2 rings (SSSR count). The van der Waals surface area contributed by atoms with Crippen LogP contribution in [0.25, 0.3) is 0 Å². The van der Waals surface area contributed by atoms with E-state index < -0.39 is 0 Å². The standard InChI is InChI=1S/C16H21Cl2NO2/c1-3-6-19-7-4-5-14(19)11-16(20-2)21-15-9-12(17)8-13(18)10-15/h3,8-10,14,16H,1,4-7,11H2,2H3. The summed E-state index contributed by atoms with van der Waals surface area (Å²) in [5, 5.41) is 1.11. The van der Waals surface area contributed by atoms with Crippen molar-refractivity contribution in [1.82, 2.24) is 4.90 Å². The number of benzene rings is 1. The molecule has 0 aromatic heterocycles. The van der Waals surface area contributed by atoms with Crippen molar-refractivity contribution < 1.29 is 9.47 Å².